The number of hydrogen-bond donors (Lipinski definition) is 3. The molecular formula is C25H36O3S. The number of aryl methyl sites for hydroxylation is 3. The fourth-order valence-corrected chi connectivity index (χ4v) is 4.65. The molecule has 1 unspecified atom stereocenters. The maximum absolute atomic E-state index is 10.3. The van der Waals surface area contributed by atoms with E-state index in [1.807, 2.05) is 18.2 Å². The fraction of sp³-hybridized carbons (Fsp3) is 0.520. The van der Waals surface area contributed by atoms with Gasteiger partial charge in [-0.25, -0.2) is 0 Å². The summed E-state index contributed by atoms with van der Waals surface area (Å²) in [4.78, 5) is 1.27. The van der Waals surface area contributed by atoms with E-state index in [-0.39, 0.29) is 24.7 Å². The predicted molar refractivity (Wildman–Crippen MR) is 122 cm³/mol. The van der Waals surface area contributed by atoms with E-state index < -0.39 is 0 Å². The van der Waals surface area contributed by atoms with Crippen LogP contribution in [0.1, 0.15) is 61.9 Å². The van der Waals surface area contributed by atoms with Gasteiger partial charge in [-0.1, -0.05) is 58.0 Å². The number of benzene rings is 2. The SMILES string of the molecule is CCc1cc(CCCc2ccc(CO)c(CO)c2)ccc1SCC(O)C(C)(C)C. The summed E-state index contributed by atoms with van der Waals surface area (Å²) in [5.41, 5.74) is 5.42. The number of hydrogen-bond acceptors (Lipinski definition) is 4. The van der Waals surface area contributed by atoms with Crippen molar-refractivity contribution in [2.45, 2.75) is 77.6 Å². The molecule has 160 valence electrons. The molecule has 0 heterocycles. The van der Waals surface area contributed by atoms with E-state index in [1.54, 1.807) is 11.8 Å². The van der Waals surface area contributed by atoms with Gasteiger partial charge in [0.1, 0.15) is 0 Å². The molecule has 0 saturated carbocycles. The zero-order valence-electron chi connectivity index (χ0n) is 18.2. The molecule has 0 aliphatic rings. The molecule has 0 bridgehead atoms. The zero-order valence-corrected chi connectivity index (χ0v) is 19.1. The Morgan fingerprint density at radius 3 is 2.00 bits per heavy atom. The molecule has 2 aromatic carbocycles. The monoisotopic (exact) mass is 416 g/mol. The van der Waals surface area contributed by atoms with Crippen LogP contribution in [-0.2, 0) is 32.5 Å². The summed E-state index contributed by atoms with van der Waals surface area (Å²) >= 11 is 1.75. The van der Waals surface area contributed by atoms with Crippen LogP contribution in [0.15, 0.2) is 41.3 Å². The molecule has 0 aliphatic carbocycles. The molecule has 29 heavy (non-hydrogen) atoms. The summed E-state index contributed by atoms with van der Waals surface area (Å²) in [7, 11) is 0. The summed E-state index contributed by atoms with van der Waals surface area (Å²) in [6.45, 7) is 8.33. The minimum Gasteiger partial charge on any atom is -0.392 e. The van der Waals surface area contributed by atoms with Crippen molar-refractivity contribution in [3.8, 4) is 0 Å². The van der Waals surface area contributed by atoms with Crippen molar-refractivity contribution in [3.05, 3.63) is 64.2 Å². The minimum absolute atomic E-state index is 0.0346. The first-order chi connectivity index (χ1) is 13.8. The number of rotatable bonds is 10. The zero-order chi connectivity index (χ0) is 21.4. The van der Waals surface area contributed by atoms with Crippen LogP contribution >= 0.6 is 11.8 Å². The predicted octanol–water partition coefficient (Wildman–Crippen LogP) is 4.91. The van der Waals surface area contributed by atoms with E-state index in [4.69, 9.17) is 0 Å². The van der Waals surface area contributed by atoms with Crippen molar-refractivity contribution in [2.24, 2.45) is 5.41 Å². The molecule has 0 saturated heterocycles. The number of thioether (sulfide) groups is 1. The Hall–Kier alpha value is -1.33. The molecule has 4 heteroatoms. The van der Waals surface area contributed by atoms with Gasteiger partial charge in [-0.15, -0.1) is 11.8 Å². The van der Waals surface area contributed by atoms with Crippen LogP contribution < -0.4 is 0 Å². The average molecular weight is 417 g/mol. The van der Waals surface area contributed by atoms with Gasteiger partial charge in [-0.2, -0.15) is 0 Å². The van der Waals surface area contributed by atoms with Gasteiger partial charge in [0.2, 0.25) is 0 Å². The highest BCUT2D eigenvalue weighted by Gasteiger charge is 2.22. The summed E-state index contributed by atoms with van der Waals surface area (Å²) in [5, 5.41) is 29.1. The summed E-state index contributed by atoms with van der Waals surface area (Å²) in [6.07, 6.45) is 3.68. The van der Waals surface area contributed by atoms with Crippen molar-refractivity contribution in [2.75, 3.05) is 5.75 Å². The lowest BCUT2D eigenvalue weighted by Crippen LogP contribution is -2.28. The van der Waals surface area contributed by atoms with Gasteiger partial charge in [-0.3, -0.25) is 0 Å². The van der Waals surface area contributed by atoms with Crippen molar-refractivity contribution in [1.82, 2.24) is 0 Å². The molecule has 0 aliphatic heterocycles. The fourth-order valence-electron chi connectivity index (χ4n) is 3.26. The molecule has 2 rings (SSSR count). The second kappa shape index (κ2) is 11.2. The molecule has 0 amide bonds. The van der Waals surface area contributed by atoms with Crippen molar-refractivity contribution < 1.29 is 15.3 Å². The van der Waals surface area contributed by atoms with Crippen LogP contribution in [0.2, 0.25) is 0 Å². The highest BCUT2D eigenvalue weighted by molar-refractivity contribution is 7.99. The molecule has 1 atom stereocenters. The molecule has 2 aromatic rings. The third-order valence-electron chi connectivity index (χ3n) is 5.44. The Morgan fingerprint density at radius 2 is 1.45 bits per heavy atom. The summed E-state index contributed by atoms with van der Waals surface area (Å²) < 4.78 is 0. The Kier molecular flexibility index (Phi) is 9.22. The molecule has 0 radical (unpaired) electrons. The molecule has 3 N–H and O–H groups in total. The lowest BCUT2D eigenvalue weighted by Gasteiger charge is -2.25. The Morgan fingerprint density at radius 1 is 0.862 bits per heavy atom. The van der Waals surface area contributed by atoms with E-state index in [0.717, 1.165) is 36.8 Å². The normalized spacial score (nSPS) is 12.9. The number of aliphatic hydroxyl groups excluding tert-OH is 3. The Balaban J connectivity index is 1.95. The van der Waals surface area contributed by atoms with E-state index in [9.17, 15) is 15.3 Å². The van der Waals surface area contributed by atoms with Gasteiger partial charge in [0.05, 0.1) is 19.3 Å². The molecule has 3 nitrogen and oxygen atoms in total. The standard InChI is InChI=1S/C25H36O3S/c1-5-20-13-19(10-12-23(20)29-17-24(28)25(2,3)4)8-6-7-18-9-11-21(15-26)22(14-18)16-27/h9-14,24,26-28H,5-8,15-17H2,1-4H3. The van der Waals surface area contributed by atoms with Crippen LogP contribution in [0.25, 0.3) is 0 Å². The smallest absolute Gasteiger partial charge is 0.0685 e. The quantitative estimate of drug-likeness (QED) is 0.482. The molecule has 0 spiro atoms. The highest BCUT2D eigenvalue weighted by atomic mass is 32.2. The minimum atomic E-state index is -0.321. The largest absolute Gasteiger partial charge is 0.392 e. The first kappa shape index (κ1) is 23.9. The Labute approximate surface area is 180 Å². The third-order valence-corrected chi connectivity index (χ3v) is 6.64. The van der Waals surface area contributed by atoms with Crippen LogP contribution in [0.4, 0.5) is 0 Å². The first-order valence-electron chi connectivity index (χ1n) is 10.5. The summed E-state index contributed by atoms with van der Waals surface area (Å²) in [6, 6.07) is 12.7. The number of aliphatic hydroxyl groups is 3. The van der Waals surface area contributed by atoms with Crippen LogP contribution in [0, 0.1) is 5.41 Å². The molecule has 0 fully saturated rings. The van der Waals surface area contributed by atoms with Crippen LogP contribution in [0.5, 0.6) is 0 Å². The van der Waals surface area contributed by atoms with Crippen LogP contribution in [-0.4, -0.2) is 27.2 Å². The van der Waals surface area contributed by atoms with Crippen molar-refractivity contribution in [1.29, 1.82) is 0 Å². The molecular weight excluding hydrogens is 380 g/mol. The summed E-state index contributed by atoms with van der Waals surface area (Å²) in [5.74, 6) is 0.715. The van der Waals surface area contributed by atoms with E-state index in [2.05, 4.69) is 45.9 Å². The van der Waals surface area contributed by atoms with Gasteiger partial charge in [0.15, 0.2) is 0 Å². The second-order valence-electron chi connectivity index (χ2n) is 8.76. The van der Waals surface area contributed by atoms with E-state index >= 15 is 0 Å². The first-order valence-corrected chi connectivity index (χ1v) is 11.5. The van der Waals surface area contributed by atoms with Gasteiger partial charge < -0.3 is 15.3 Å². The second-order valence-corrected chi connectivity index (χ2v) is 9.82. The van der Waals surface area contributed by atoms with Gasteiger partial charge >= 0.3 is 0 Å². The average Bonchev–Trinajstić information content (AvgIpc) is 2.71. The maximum atomic E-state index is 10.3. The van der Waals surface area contributed by atoms with E-state index in [1.165, 1.54) is 21.6 Å². The topological polar surface area (TPSA) is 60.7 Å². The highest BCUT2D eigenvalue weighted by Crippen LogP contribution is 2.30. The van der Waals surface area contributed by atoms with E-state index in [0.29, 0.717) is 5.75 Å². The third kappa shape index (κ3) is 7.14. The molecule has 0 aromatic heterocycles. The van der Waals surface area contributed by atoms with Crippen LogP contribution in [0.3, 0.4) is 0 Å². The van der Waals surface area contributed by atoms with Crippen molar-refractivity contribution >= 4 is 11.8 Å². The van der Waals surface area contributed by atoms with Crippen molar-refractivity contribution in [3.63, 3.8) is 0 Å². The van der Waals surface area contributed by atoms with Gasteiger partial charge in [-0.05, 0) is 65.0 Å². The van der Waals surface area contributed by atoms with Gasteiger partial charge in [0, 0.05) is 10.6 Å². The lowest BCUT2D eigenvalue weighted by atomic mass is 9.90. The Bertz CT molecular complexity index is 780. The lowest BCUT2D eigenvalue weighted by molar-refractivity contribution is 0.0843. The maximum Gasteiger partial charge on any atom is 0.0685 e. The van der Waals surface area contributed by atoms with Gasteiger partial charge in [0.25, 0.3) is 0 Å².